The summed E-state index contributed by atoms with van der Waals surface area (Å²) in [4.78, 5) is 18.0. The summed E-state index contributed by atoms with van der Waals surface area (Å²) < 4.78 is 5.24. The Morgan fingerprint density at radius 1 is 1.59 bits per heavy atom. The van der Waals surface area contributed by atoms with E-state index in [0.717, 1.165) is 18.7 Å². The highest BCUT2D eigenvalue weighted by molar-refractivity contribution is 6.29. The van der Waals surface area contributed by atoms with Crippen molar-refractivity contribution in [2.24, 2.45) is 0 Å². The van der Waals surface area contributed by atoms with Crippen LogP contribution in [-0.2, 0) is 4.74 Å². The van der Waals surface area contributed by atoms with Crippen molar-refractivity contribution in [3.8, 4) is 0 Å². The number of hydrogen-bond donors (Lipinski definition) is 0. The second-order valence-corrected chi connectivity index (χ2v) is 4.60. The number of nitrogens with zero attached hydrogens (tertiary/aromatic N) is 2. The summed E-state index contributed by atoms with van der Waals surface area (Å²) in [6.45, 7) is 3.20. The molecule has 1 saturated heterocycles. The van der Waals surface area contributed by atoms with Gasteiger partial charge in [0, 0.05) is 31.5 Å². The molecule has 0 spiro atoms. The Morgan fingerprint density at radius 2 is 2.35 bits per heavy atom. The van der Waals surface area contributed by atoms with Crippen LogP contribution in [0, 0.1) is 6.92 Å². The predicted molar refractivity (Wildman–Crippen MR) is 65.3 cm³/mol. The monoisotopic (exact) mass is 254 g/mol. The van der Waals surface area contributed by atoms with E-state index in [1.165, 1.54) is 0 Å². The van der Waals surface area contributed by atoms with E-state index in [9.17, 15) is 4.79 Å². The number of amides is 1. The predicted octanol–water partition coefficient (Wildman–Crippen LogP) is 1.90. The average molecular weight is 255 g/mol. The van der Waals surface area contributed by atoms with Gasteiger partial charge in [-0.3, -0.25) is 4.79 Å². The van der Waals surface area contributed by atoms with Crippen molar-refractivity contribution in [3.05, 3.63) is 28.5 Å². The minimum Gasteiger partial charge on any atom is -0.380 e. The minimum atomic E-state index is -0.00282. The number of methoxy groups -OCH3 is 1. The zero-order chi connectivity index (χ0) is 12.4. The van der Waals surface area contributed by atoms with E-state index in [0.29, 0.717) is 17.3 Å². The number of halogens is 1. The Morgan fingerprint density at radius 3 is 2.94 bits per heavy atom. The van der Waals surface area contributed by atoms with Gasteiger partial charge in [0.2, 0.25) is 0 Å². The topological polar surface area (TPSA) is 42.4 Å². The van der Waals surface area contributed by atoms with Gasteiger partial charge in [-0.25, -0.2) is 4.98 Å². The molecule has 0 aliphatic carbocycles. The van der Waals surface area contributed by atoms with Gasteiger partial charge in [0.25, 0.3) is 5.91 Å². The van der Waals surface area contributed by atoms with Crippen LogP contribution in [0.1, 0.15) is 22.5 Å². The first kappa shape index (κ1) is 12.3. The van der Waals surface area contributed by atoms with Crippen LogP contribution in [0.3, 0.4) is 0 Å². The molecule has 1 aromatic rings. The molecular formula is C12H15ClN2O2. The highest BCUT2D eigenvalue weighted by Crippen LogP contribution is 2.17. The molecule has 4 nitrogen and oxygen atoms in total. The van der Waals surface area contributed by atoms with Crippen LogP contribution in [0.15, 0.2) is 12.1 Å². The minimum absolute atomic E-state index is 0.00282. The Bertz CT molecular complexity index is 416. The van der Waals surface area contributed by atoms with Gasteiger partial charge in [0.05, 0.1) is 6.10 Å². The molecule has 1 aromatic heterocycles. The molecule has 17 heavy (non-hydrogen) atoms. The van der Waals surface area contributed by atoms with Gasteiger partial charge in [-0.05, 0) is 25.5 Å². The van der Waals surface area contributed by atoms with E-state index >= 15 is 0 Å². The zero-order valence-electron chi connectivity index (χ0n) is 9.94. The summed E-state index contributed by atoms with van der Waals surface area (Å²) in [6, 6.07) is 3.37. The Kier molecular flexibility index (Phi) is 3.64. The molecular weight excluding hydrogens is 240 g/mol. The molecule has 1 aliphatic heterocycles. The van der Waals surface area contributed by atoms with Gasteiger partial charge < -0.3 is 9.64 Å². The largest absolute Gasteiger partial charge is 0.380 e. The first-order valence-corrected chi connectivity index (χ1v) is 5.94. The van der Waals surface area contributed by atoms with Crippen LogP contribution in [0.25, 0.3) is 0 Å². The van der Waals surface area contributed by atoms with Gasteiger partial charge >= 0.3 is 0 Å². The van der Waals surface area contributed by atoms with Crippen molar-refractivity contribution in [2.45, 2.75) is 19.4 Å². The van der Waals surface area contributed by atoms with E-state index in [1.807, 2.05) is 6.92 Å². The fourth-order valence-electron chi connectivity index (χ4n) is 2.04. The second-order valence-electron chi connectivity index (χ2n) is 4.22. The van der Waals surface area contributed by atoms with E-state index in [1.54, 1.807) is 24.1 Å². The molecule has 0 radical (unpaired) electrons. The molecule has 5 heteroatoms. The van der Waals surface area contributed by atoms with Gasteiger partial charge in [0.15, 0.2) is 0 Å². The van der Waals surface area contributed by atoms with Crippen LogP contribution in [0.4, 0.5) is 0 Å². The third-order valence-electron chi connectivity index (χ3n) is 2.93. The summed E-state index contributed by atoms with van der Waals surface area (Å²) >= 11 is 5.85. The van der Waals surface area contributed by atoms with E-state index in [2.05, 4.69) is 4.98 Å². The van der Waals surface area contributed by atoms with Crippen LogP contribution in [0.2, 0.25) is 5.15 Å². The molecule has 1 unspecified atom stereocenters. The van der Waals surface area contributed by atoms with Crippen molar-refractivity contribution in [2.75, 3.05) is 20.2 Å². The van der Waals surface area contributed by atoms with Crippen LogP contribution in [0.5, 0.6) is 0 Å². The number of pyridine rings is 1. The third kappa shape index (κ3) is 2.76. The highest BCUT2D eigenvalue weighted by atomic mass is 35.5. The standard InChI is InChI=1S/C12H15ClN2O2/c1-8-5-9(6-11(13)14-8)12(16)15-4-3-10(7-15)17-2/h5-6,10H,3-4,7H2,1-2H3. The molecule has 1 fully saturated rings. The molecule has 1 atom stereocenters. The van der Waals surface area contributed by atoms with Crippen molar-refractivity contribution in [3.63, 3.8) is 0 Å². The maximum Gasteiger partial charge on any atom is 0.254 e. The molecule has 0 N–H and O–H groups in total. The number of likely N-dealkylation sites (tertiary alicyclic amines) is 1. The zero-order valence-corrected chi connectivity index (χ0v) is 10.7. The maximum absolute atomic E-state index is 12.2. The summed E-state index contributed by atoms with van der Waals surface area (Å²) in [7, 11) is 1.67. The Labute approximate surface area is 106 Å². The van der Waals surface area contributed by atoms with Crippen molar-refractivity contribution in [1.82, 2.24) is 9.88 Å². The lowest BCUT2D eigenvalue weighted by Crippen LogP contribution is -2.30. The van der Waals surface area contributed by atoms with Crippen molar-refractivity contribution >= 4 is 17.5 Å². The van der Waals surface area contributed by atoms with E-state index in [-0.39, 0.29) is 12.0 Å². The molecule has 92 valence electrons. The van der Waals surface area contributed by atoms with Crippen molar-refractivity contribution < 1.29 is 9.53 Å². The number of aryl methyl sites for hydroxylation is 1. The molecule has 2 rings (SSSR count). The first-order chi connectivity index (χ1) is 8.10. The lowest BCUT2D eigenvalue weighted by molar-refractivity contribution is 0.0724. The quantitative estimate of drug-likeness (QED) is 0.757. The summed E-state index contributed by atoms with van der Waals surface area (Å²) in [5.74, 6) is -0.00282. The normalized spacial score (nSPS) is 19.7. The van der Waals surface area contributed by atoms with E-state index in [4.69, 9.17) is 16.3 Å². The number of aromatic nitrogens is 1. The van der Waals surface area contributed by atoms with Gasteiger partial charge in [-0.15, -0.1) is 0 Å². The second kappa shape index (κ2) is 5.02. The van der Waals surface area contributed by atoms with Crippen molar-refractivity contribution in [1.29, 1.82) is 0 Å². The van der Waals surface area contributed by atoms with Gasteiger partial charge in [-0.1, -0.05) is 11.6 Å². The number of carbonyl (C=O) groups excluding carboxylic acids is 1. The third-order valence-corrected chi connectivity index (χ3v) is 3.13. The Balaban J connectivity index is 2.14. The number of ether oxygens (including phenoxy) is 1. The number of rotatable bonds is 2. The highest BCUT2D eigenvalue weighted by Gasteiger charge is 2.26. The number of hydrogen-bond acceptors (Lipinski definition) is 3. The lowest BCUT2D eigenvalue weighted by atomic mass is 10.2. The molecule has 0 saturated carbocycles. The van der Waals surface area contributed by atoms with Gasteiger partial charge in [-0.2, -0.15) is 0 Å². The van der Waals surface area contributed by atoms with Gasteiger partial charge in [0.1, 0.15) is 5.15 Å². The summed E-state index contributed by atoms with van der Waals surface area (Å²) in [5, 5.41) is 0.357. The maximum atomic E-state index is 12.2. The molecule has 1 aliphatic rings. The van der Waals surface area contributed by atoms with Crippen LogP contribution < -0.4 is 0 Å². The molecule has 0 bridgehead atoms. The average Bonchev–Trinajstić information content (AvgIpc) is 2.75. The van der Waals surface area contributed by atoms with Crippen LogP contribution in [-0.4, -0.2) is 42.1 Å². The SMILES string of the molecule is COC1CCN(C(=O)c2cc(C)nc(Cl)c2)C1. The fourth-order valence-corrected chi connectivity index (χ4v) is 2.29. The summed E-state index contributed by atoms with van der Waals surface area (Å²) in [5.41, 5.74) is 1.35. The molecule has 2 heterocycles. The van der Waals surface area contributed by atoms with E-state index < -0.39 is 0 Å². The Hall–Kier alpha value is -1.13. The van der Waals surface area contributed by atoms with Crippen LogP contribution >= 0.6 is 11.6 Å². The summed E-state index contributed by atoms with van der Waals surface area (Å²) in [6.07, 6.45) is 1.04. The number of carbonyl (C=O) groups is 1. The first-order valence-electron chi connectivity index (χ1n) is 5.56. The molecule has 0 aromatic carbocycles. The smallest absolute Gasteiger partial charge is 0.254 e. The lowest BCUT2D eigenvalue weighted by Gasteiger charge is -2.16. The molecule has 1 amide bonds. The fraction of sp³-hybridized carbons (Fsp3) is 0.500.